The molecule has 0 heterocycles. The van der Waals surface area contributed by atoms with Crippen LogP contribution in [-0.4, -0.2) is 24.8 Å². The number of hydrogen-bond donors (Lipinski definition) is 2. The summed E-state index contributed by atoms with van der Waals surface area (Å²) in [5, 5.41) is 13.3. The third kappa shape index (κ3) is 6.12. The van der Waals surface area contributed by atoms with E-state index in [1.54, 1.807) is 12.1 Å². The number of ether oxygens (including phenoxy) is 2. The van der Waals surface area contributed by atoms with Crippen molar-refractivity contribution in [3.8, 4) is 11.5 Å². The topological polar surface area (TPSA) is 67.8 Å². The van der Waals surface area contributed by atoms with Crippen LogP contribution in [0.4, 0.5) is 0 Å². The van der Waals surface area contributed by atoms with Crippen LogP contribution in [0.25, 0.3) is 0 Å². The van der Waals surface area contributed by atoms with Crippen molar-refractivity contribution in [2.24, 2.45) is 0 Å². The van der Waals surface area contributed by atoms with Crippen LogP contribution in [0.2, 0.25) is 0 Å². The van der Waals surface area contributed by atoms with E-state index in [1.165, 1.54) is 7.11 Å². The van der Waals surface area contributed by atoms with E-state index >= 15 is 0 Å². The number of hydrogen-bond acceptors (Lipinski definition) is 5. The average Bonchev–Trinajstić information content (AvgIpc) is 2.61. The van der Waals surface area contributed by atoms with Crippen molar-refractivity contribution in [3.05, 3.63) is 59.2 Å². The SMILES string of the molecule is CCCOc1ccc(CNCc2cccc(CC(=O)OC)c2)cc1O. The minimum Gasteiger partial charge on any atom is -0.504 e. The molecule has 0 aromatic heterocycles. The van der Waals surface area contributed by atoms with Crippen LogP contribution in [0.3, 0.4) is 0 Å². The van der Waals surface area contributed by atoms with Gasteiger partial charge >= 0.3 is 5.97 Å². The van der Waals surface area contributed by atoms with Gasteiger partial charge in [0.25, 0.3) is 0 Å². The molecule has 0 radical (unpaired) electrons. The van der Waals surface area contributed by atoms with Gasteiger partial charge in [-0.15, -0.1) is 0 Å². The lowest BCUT2D eigenvalue weighted by molar-refractivity contribution is -0.139. The molecule has 2 aromatic carbocycles. The molecular formula is C20H25NO4. The normalized spacial score (nSPS) is 10.5. The molecule has 5 heteroatoms. The van der Waals surface area contributed by atoms with E-state index in [1.807, 2.05) is 37.3 Å². The highest BCUT2D eigenvalue weighted by molar-refractivity contribution is 5.72. The number of phenolic OH excluding ortho intramolecular Hbond substituents is 1. The molecule has 0 saturated carbocycles. The predicted octanol–water partition coefficient (Wildman–Crippen LogP) is 3.19. The summed E-state index contributed by atoms with van der Waals surface area (Å²) in [6.07, 6.45) is 1.18. The van der Waals surface area contributed by atoms with E-state index in [2.05, 4.69) is 10.1 Å². The van der Waals surface area contributed by atoms with Gasteiger partial charge in [0.2, 0.25) is 0 Å². The Morgan fingerprint density at radius 3 is 2.48 bits per heavy atom. The first-order valence-electron chi connectivity index (χ1n) is 8.42. The molecule has 0 aliphatic heterocycles. The first kappa shape index (κ1) is 18.8. The molecule has 5 nitrogen and oxygen atoms in total. The standard InChI is InChI=1S/C20H25NO4/c1-3-9-25-19-8-7-17(11-18(19)22)14-21-13-16-6-4-5-15(10-16)12-20(23)24-2/h4-8,10-11,21-22H,3,9,12-14H2,1-2H3. The fourth-order valence-electron chi connectivity index (χ4n) is 2.45. The number of esters is 1. The van der Waals surface area contributed by atoms with Gasteiger partial charge in [-0.25, -0.2) is 0 Å². The fourth-order valence-corrected chi connectivity index (χ4v) is 2.45. The van der Waals surface area contributed by atoms with Crippen LogP contribution in [0.5, 0.6) is 11.5 Å². The molecule has 0 fully saturated rings. The molecule has 0 aliphatic rings. The Kier molecular flexibility index (Phi) is 7.29. The second-order valence-electron chi connectivity index (χ2n) is 5.83. The number of carbonyl (C=O) groups is 1. The monoisotopic (exact) mass is 343 g/mol. The Bertz CT molecular complexity index is 700. The molecule has 0 unspecified atom stereocenters. The molecule has 0 amide bonds. The van der Waals surface area contributed by atoms with Crippen molar-refractivity contribution in [2.75, 3.05) is 13.7 Å². The highest BCUT2D eigenvalue weighted by Gasteiger charge is 2.05. The summed E-state index contributed by atoms with van der Waals surface area (Å²) in [5.41, 5.74) is 3.00. The summed E-state index contributed by atoms with van der Waals surface area (Å²) in [5.74, 6) is 0.430. The summed E-state index contributed by atoms with van der Waals surface area (Å²) in [6.45, 7) is 3.91. The van der Waals surface area contributed by atoms with Crippen LogP contribution in [0.1, 0.15) is 30.0 Å². The number of nitrogens with one attached hydrogen (secondary N) is 1. The van der Waals surface area contributed by atoms with Crippen molar-refractivity contribution in [1.82, 2.24) is 5.32 Å². The Morgan fingerprint density at radius 1 is 1.08 bits per heavy atom. The maximum Gasteiger partial charge on any atom is 0.309 e. The van der Waals surface area contributed by atoms with Crippen molar-refractivity contribution < 1.29 is 19.4 Å². The van der Waals surface area contributed by atoms with Crippen LogP contribution in [-0.2, 0) is 29.0 Å². The highest BCUT2D eigenvalue weighted by atomic mass is 16.5. The second-order valence-corrected chi connectivity index (χ2v) is 5.83. The minimum atomic E-state index is -0.244. The first-order valence-corrected chi connectivity index (χ1v) is 8.42. The van der Waals surface area contributed by atoms with Crippen molar-refractivity contribution >= 4 is 5.97 Å². The molecule has 0 aliphatic carbocycles. The third-order valence-corrected chi connectivity index (χ3v) is 3.71. The number of rotatable bonds is 9. The number of phenols is 1. The van der Waals surface area contributed by atoms with Crippen LogP contribution < -0.4 is 10.1 Å². The maximum atomic E-state index is 11.3. The zero-order valence-electron chi connectivity index (χ0n) is 14.7. The van der Waals surface area contributed by atoms with E-state index < -0.39 is 0 Å². The molecule has 2 aromatic rings. The quantitative estimate of drug-likeness (QED) is 0.685. The minimum absolute atomic E-state index is 0.160. The molecule has 2 rings (SSSR count). The Hall–Kier alpha value is -2.53. The third-order valence-electron chi connectivity index (χ3n) is 3.71. The van der Waals surface area contributed by atoms with Gasteiger partial charge in [0.1, 0.15) is 0 Å². The number of aromatic hydroxyl groups is 1. The van der Waals surface area contributed by atoms with E-state index in [9.17, 15) is 9.90 Å². The number of methoxy groups -OCH3 is 1. The molecule has 0 saturated heterocycles. The highest BCUT2D eigenvalue weighted by Crippen LogP contribution is 2.26. The van der Waals surface area contributed by atoms with Gasteiger partial charge in [-0.3, -0.25) is 4.79 Å². The molecule has 0 atom stereocenters. The van der Waals surface area contributed by atoms with Crippen LogP contribution in [0, 0.1) is 0 Å². The summed E-state index contributed by atoms with van der Waals surface area (Å²) in [7, 11) is 1.39. The Morgan fingerprint density at radius 2 is 1.80 bits per heavy atom. The molecular weight excluding hydrogens is 318 g/mol. The molecule has 25 heavy (non-hydrogen) atoms. The van der Waals surface area contributed by atoms with Gasteiger partial charge in [-0.2, -0.15) is 0 Å². The number of carbonyl (C=O) groups excluding carboxylic acids is 1. The summed E-state index contributed by atoms with van der Waals surface area (Å²) < 4.78 is 10.2. The lowest BCUT2D eigenvalue weighted by atomic mass is 10.1. The van der Waals surface area contributed by atoms with Gasteiger partial charge in [-0.1, -0.05) is 37.3 Å². The van der Waals surface area contributed by atoms with Crippen molar-refractivity contribution in [3.63, 3.8) is 0 Å². The van der Waals surface area contributed by atoms with E-state index in [4.69, 9.17) is 4.74 Å². The van der Waals surface area contributed by atoms with Gasteiger partial charge in [0, 0.05) is 13.1 Å². The van der Waals surface area contributed by atoms with Gasteiger partial charge in [0.05, 0.1) is 20.1 Å². The van der Waals surface area contributed by atoms with Gasteiger partial charge < -0.3 is 19.9 Å². The predicted molar refractivity (Wildman–Crippen MR) is 96.6 cm³/mol. The summed E-state index contributed by atoms with van der Waals surface area (Å²) in [4.78, 5) is 11.3. The fraction of sp³-hybridized carbons (Fsp3) is 0.350. The molecule has 134 valence electrons. The largest absolute Gasteiger partial charge is 0.504 e. The lowest BCUT2D eigenvalue weighted by Crippen LogP contribution is -2.13. The van der Waals surface area contributed by atoms with E-state index in [0.29, 0.717) is 25.4 Å². The van der Waals surface area contributed by atoms with Crippen LogP contribution in [0.15, 0.2) is 42.5 Å². The Labute approximate surface area is 148 Å². The summed E-state index contributed by atoms with van der Waals surface area (Å²) >= 11 is 0. The smallest absolute Gasteiger partial charge is 0.309 e. The van der Waals surface area contributed by atoms with Crippen molar-refractivity contribution in [1.29, 1.82) is 0 Å². The van der Waals surface area contributed by atoms with E-state index in [0.717, 1.165) is 23.1 Å². The van der Waals surface area contributed by atoms with Gasteiger partial charge in [-0.05, 0) is 35.2 Å². The zero-order chi connectivity index (χ0) is 18.1. The van der Waals surface area contributed by atoms with E-state index in [-0.39, 0.29) is 18.1 Å². The van der Waals surface area contributed by atoms with Gasteiger partial charge in [0.15, 0.2) is 11.5 Å². The molecule has 2 N–H and O–H groups in total. The lowest BCUT2D eigenvalue weighted by Gasteiger charge is -2.10. The van der Waals surface area contributed by atoms with Crippen LogP contribution >= 0.6 is 0 Å². The zero-order valence-corrected chi connectivity index (χ0v) is 14.7. The maximum absolute atomic E-state index is 11.3. The average molecular weight is 343 g/mol. The first-order chi connectivity index (χ1) is 12.1. The number of benzene rings is 2. The van der Waals surface area contributed by atoms with Crippen molar-refractivity contribution in [2.45, 2.75) is 32.9 Å². The molecule has 0 spiro atoms. The summed E-state index contributed by atoms with van der Waals surface area (Å²) in [6, 6.07) is 13.3. The second kappa shape index (κ2) is 9.69. The molecule has 0 bridgehead atoms. The Balaban J connectivity index is 1.87.